The van der Waals surface area contributed by atoms with E-state index in [0.717, 1.165) is 12.0 Å². The van der Waals surface area contributed by atoms with Crippen molar-refractivity contribution in [3.8, 4) is 5.75 Å². The van der Waals surface area contributed by atoms with Crippen molar-refractivity contribution in [2.24, 2.45) is 0 Å². The molecule has 0 aromatic heterocycles. The molecule has 0 amide bonds. The van der Waals surface area contributed by atoms with Crippen molar-refractivity contribution in [3.05, 3.63) is 23.8 Å². The minimum absolute atomic E-state index is 0.357. The van der Waals surface area contributed by atoms with Crippen LogP contribution in [-0.2, 0) is 16.4 Å². The van der Waals surface area contributed by atoms with Gasteiger partial charge in [-0.1, -0.05) is 13.0 Å². The van der Waals surface area contributed by atoms with E-state index in [1.807, 2.05) is 6.92 Å². The zero-order chi connectivity index (χ0) is 11.6. The fourth-order valence-electron chi connectivity index (χ4n) is 1.76. The van der Waals surface area contributed by atoms with Gasteiger partial charge < -0.3 is 4.74 Å². The van der Waals surface area contributed by atoms with Crippen LogP contribution in [0.1, 0.15) is 18.9 Å². The average Bonchev–Trinajstić information content (AvgIpc) is 2.73. The highest BCUT2D eigenvalue weighted by atomic mass is 32.2. The van der Waals surface area contributed by atoms with Crippen LogP contribution in [0.5, 0.6) is 5.75 Å². The van der Waals surface area contributed by atoms with Crippen LogP contribution in [0, 0.1) is 0 Å². The van der Waals surface area contributed by atoms with Crippen LogP contribution < -0.4 is 9.46 Å². The van der Waals surface area contributed by atoms with Crippen LogP contribution >= 0.6 is 0 Å². The van der Waals surface area contributed by atoms with E-state index < -0.39 is 10.0 Å². The molecule has 5 heteroatoms. The van der Waals surface area contributed by atoms with Crippen molar-refractivity contribution in [3.63, 3.8) is 0 Å². The SMILES string of the molecule is CCCNS(=O)(=O)c1cccc2c1CCO2. The first-order valence-electron chi connectivity index (χ1n) is 5.39. The number of sulfonamides is 1. The van der Waals surface area contributed by atoms with Crippen molar-refractivity contribution in [2.45, 2.75) is 24.7 Å². The molecule has 0 radical (unpaired) electrons. The van der Waals surface area contributed by atoms with Gasteiger partial charge in [-0.15, -0.1) is 0 Å². The maximum atomic E-state index is 12.0. The summed E-state index contributed by atoms with van der Waals surface area (Å²) < 4.78 is 31.9. The van der Waals surface area contributed by atoms with Crippen molar-refractivity contribution >= 4 is 10.0 Å². The second-order valence-corrected chi connectivity index (χ2v) is 5.46. The van der Waals surface area contributed by atoms with Crippen molar-refractivity contribution in [1.29, 1.82) is 0 Å². The summed E-state index contributed by atoms with van der Waals surface area (Å²) in [6, 6.07) is 5.15. The number of nitrogens with one attached hydrogen (secondary N) is 1. The van der Waals surface area contributed by atoms with E-state index in [1.54, 1.807) is 18.2 Å². The normalized spacial score (nSPS) is 14.6. The standard InChI is InChI=1S/C11H15NO3S/c1-2-7-12-16(13,14)11-5-3-4-10-9(11)6-8-15-10/h3-5,12H,2,6-8H2,1H3. The number of ether oxygens (including phenoxy) is 1. The largest absolute Gasteiger partial charge is 0.493 e. The highest BCUT2D eigenvalue weighted by Crippen LogP contribution is 2.30. The Balaban J connectivity index is 2.37. The maximum Gasteiger partial charge on any atom is 0.240 e. The van der Waals surface area contributed by atoms with Crippen molar-refractivity contribution in [1.82, 2.24) is 4.72 Å². The van der Waals surface area contributed by atoms with Crippen molar-refractivity contribution in [2.75, 3.05) is 13.2 Å². The Morgan fingerprint density at radius 2 is 2.25 bits per heavy atom. The van der Waals surface area contributed by atoms with Gasteiger partial charge in [0.05, 0.1) is 11.5 Å². The number of fused-ring (bicyclic) bond motifs is 1. The van der Waals surface area contributed by atoms with Gasteiger partial charge in [-0.05, 0) is 18.6 Å². The average molecular weight is 241 g/mol. The van der Waals surface area contributed by atoms with Crippen LogP contribution in [0.4, 0.5) is 0 Å². The second kappa shape index (κ2) is 4.43. The minimum Gasteiger partial charge on any atom is -0.493 e. The lowest BCUT2D eigenvalue weighted by Crippen LogP contribution is -2.25. The molecule has 1 heterocycles. The van der Waals surface area contributed by atoms with E-state index in [0.29, 0.717) is 30.2 Å². The molecule has 0 bridgehead atoms. The van der Waals surface area contributed by atoms with E-state index in [1.165, 1.54) is 0 Å². The van der Waals surface area contributed by atoms with E-state index >= 15 is 0 Å². The van der Waals surface area contributed by atoms with Gasteiger partial charge in [0.2, 0.25) is 10.0 Å². The third kappa shape index (κ3) is 2.05. The fraction of sp³-hybridized carbons (Fsp3) is 0.455. The molecule has 0 saturated carbocycles. The molecule has 1 aliphatic heterocycles. The molecule has 0 atom stereocenters. The maximum absolute atomic E-state index is 12.0. The predicted octanol–water partition coefficient (Wildman–Crippen LogP) is 1.31. The van der Waals surface area contributed by atoms with E-state index in [9.17, 15) is 8.42 Å². The number of rotatable bonds is 4. The van der Waals surface area contributed by atoms with Gasteiger partial charge >= 0.3 is 0 Å². The van der Waals surface area contributed by atoms with E-state index in [4.69, 9.17) is 4.74 Å². The highest BCUT2D eigenvalue weighted by molar-refractivity contribution is 7.89. The zero-order valence-electron chi connectivity index (χ0n) is 9.19. The molecule has 0 spiro atoms. The van der Waals surface area contributed by atoms with Crippen LogP contribution in [-0.4, -0.2) is 21.6 Å². The number of benzene rings is 1. The van der Waals surface area contributed by atoms with Crippen molar-refractivity contribution < 1.29 is 13.2 Å². The lowest BCUT2D eigenvalue weighted by atomic mass is 10.2. The predicted molar refractivity (Wildman–Crippen MR) is 61.1 cm³/mol. The van der Waals surface area contributed by atoms with Gasteiger partial charge in [-0.2, -0.15) is 0 Å². The highest BCUT2D eigenvalue weighted by Gasteiger charge is 2.23. The summed E-state index contributed by atoms with van der Waals surface area (Å²) in [5.74, 6) is 0.694. The van der Waals surface area contributed by atoms with Gasteiger partial charge in [-0.25, -0.2) is 13.1 Å². The second-order valence-electron chi connectivity index (χ2n) is 3.73. The summed E-state index contributed by atoms with van der Waals surface area (Å²) in [7, 11) is -3.38. The molecular formula is C11H15NO3S. The molecular weight excluding hydrogens is 226 g/mol. The number of hydrogen-bond donors (Lipinski definition) is 1. The quantitative estimate of drug-likeness (QED) is 0.864. The van der Waals surface area contributed by atoms with Crippen LogP contribution in [0.25, 0.3) is 0 Å². The van der Waals surface area contributed by atoms with Gasteiger partial charge in [0.25, 0.3) is 0 Å². The minimum atomic E-state index is -3.38. The summed E-state index contributed by atoms with van der Waals surface area (Å²) in [5.41, 5.74) is 0.797. The summed E-state index contributed by atoms with van der Waals surface area (Å²) >= 11 is 0. The van der Waals surface area contributed by atoms with Gasteiger partial charge in [0.1, 0.15) is 5.75 Å². The Kier molecular flexibility index (Phi) is 3.16. The van der Waals surface area contributed by atoms with Crippen LogP contribution in [0.3, 0.4) is 0 Å². The molecule has 2 rings (SSSR count). The summed E-state index contributed by atoms with van der Waals surface area (Å²) in [5, 5.41) is 0. The molecule has 1 aromatic carbocycles. The monoisotopic (exact) mass is 241 g/mol. The molecule has 1 aromatic rings. The first kappa shape index (κ1) is 11.4. The molecule has 1 aliphatic rings. The van der Waals surface area contributed by atoms with E-state index in [2.05, 4.69) is 4.72 Å². The lowest BCUT2D eigenvalue weighted by Gasteiger charge is -2.08. The Labute approximate surface area is 95.7 Å². The van der Waals surface area contributed by atoms with Gasteiger partial charge in [0, 0.05) is 18.5 Å². The Morgan fingerprint density at radius 3 is 3.00 bits per heavy atom. The molecule has 0 unspecified atom stereocenters. The molecule has 1 N–H and O–H groups in total. The molecule has 88 valence electrons. The Bertz CT molecular complexity index is 482. The lowest BCUT2D eigenvalue weighted by molar-refractivity contribution is 0.357. The topological polar surface area (TPSA) is 55.4 Å². The van der Waals surface area contributed by atoms with Crippen LogP contribution in [0.15, 0.2) is 23.1 Å². The molecule has 4 nitrogen and oxygen atoms in total. The van der Waals surface area contributed by atoms with Crippen LogP contribution in [0.2, 0.25) is 0 Å². The molecule has 0 fully saturated rings. The summed E-state index contributed by atoms with van der Waals surface area (Å²) in [6.45, 7) is 2.96. The van der Waals surface area contributed by atoms with Gasteiger partial charge in [-0.3, -0.25) is 0 Å². The number of hydrogen-bond acceptors (Lipinski definition) is 3. The Hall–Kier alpha value is -1.07. The first-order valence-corrected chi connectivity index (χ1v) is 6.88. The third-order valence-corrected chi connectivity index (χ3v) is 4.08. The van der Waals surface area contributed by atoms with Gasteiger partial charge in [0.15, 0.2) is 0 Å². The summed E-state index contributed by atoms with van der Waals surface area (Å²) in [4.78, 5) is 0.357. The summed E-state index contributed by atoms with van der Waals surface area (Å²) in [6.07, 6.45) is 1.45. The molecule has 0 saturated heterocycles. The smallest absolute Gasteiger partial charge is 0.240 e. The third-order valence-electron chi connectivity index (χ3n) is 2.53. The zero-order valence-corrected chi connectivity index (χ0v) is 10.0. The van der Waals surface area contributed by atoms with E-state index in [-0.39, 0.29) is 0 Å². The Morgan fingerprint density at radius 1 is 1.44 bits per heavy atom. The fourth-order valence-corrected chi connectivity index (χ4v) is 3.17. The first-order chi connectivity index (χ1) is 7.65. The molecule has 16 heavy (non-hydrogen) atoms. The molecule has 0 aliphatic carbocycles.